The summed E-state index contributed by atoms with van der Waals surface area (Å²) in [5.74, 6) is -0.218. The molecule has 1 aromatic heterocycles. The van der Waals surface area contributed by atoms with E-state index in [1.165, 1.54) is 16.9 Å². The van der Waals surface area contributed by atoms with E-state index in [0.717, 1.165) is 6.42 Å². The van der Waals surface area contributed by atoms with Crippen LogP contribution in [0.1, 0.15) is 16.7 Å². The molecule has 0 saturated carbocycles. The molecule has 0 aliphatic rings. The molecule has 1 rings (SSSR count). The van der Waals surface area contributed by atoms with Gasteiger partial charge in [0.2, 0.25) is 0 Å². The number of hydrogen-bond donors (Lipinski definition) is 1. The molecule has 0 fully saturated rings. The average molecular weight is 227 g/mol. The van der Waals surface area contributed by atoms with Gasteiger partial charge in [-0.05, 0) is 32.4 Å². The van der Waals surface area contributed by atoms with Gasteiger partial charge in [-0.1, -0.05) is 0 Å². The van der Waals surface area contributed by atoms with Crippen molar-refractivity contribution in [3.8, 4) is 0 Å². The van der Waals surface area contributed by atoms with Gasteiger partial charge in [0, 0.05) is 15.8 Å². The highest BCUT2D eigenvalue weighted by Crippen LogP contribution is 2.16. The van der Waals surface area contributed by atoms with Crippen molar-refractivity contribution in [3.05, 3.63) is 21.9 Å². The van der Waals surface area contributed by atoms with Gasteiger partial charge in [-0.2, -0.15) is 0 Å². The van der Waals surface area contributed by atoms with Crippen LogP contribution in [0.25, 0.3) is 0 Å². The molecule has 1 heterocycles. The topological polar surface area (TPSA) is 38.3 Å². The summed E-state index contributed by atoms with van der Waals surface area (Å²) < 4.78 is 4.56. The summed E-state index contributed by atoms with van der Waals surface area (Å²) in [6.07, 6.45) is 0.954. The molecule has 0 bridgehead atoms. The Morgan fingerprint density at radius 1 is 1.60 bits per heavy atom. The zero-order chi connectivity index (χ0) is 11.3. The lowest BCUT2D eigenvalue weighted by Crippen LogP contribution is -2.33. The van der Waals surface area contributed by atoms with Crippen LogP contribution in [0.15, 0.2) is 12.1 Å². The molecular formula is C11H17NO2S. The van der Waals surface area contributed by atoms with Crippen LogP contribution in [0.2, 0.25) is 0 Å². The van der Waals surface area contributed by atoms with Gasteiger partial charge < -0.3 is 10.1 Å². The third kappa shape index (κ3) is 4.44. The molecule has 0 aromatic carbocycles. The maximum atomic E-state index is 10.9. The lowest BCUT2D eigenvalue weighted by molar-refractivity contribution is -0.139. The van der Waals surface area contributed by atoms with Gasteiger partial charge in [0.25, 0.3) is 0 Å². The Morgan fingerprint density at radius 2 is 2.33 bits per heavy atom. The molecule has 4 heteroatoms. The van der Waals surface area contributed by atoms with Crippen molar-refractivity contribution in [2.24, 2.45) is 0 Å². The Balaban J connectivity index is 2.30. The minimum absolute atomic E-state index is 0.218. The third-order valence-corrected chi connectivity index (χ3v) is 3.15. The molecule has 0 saturated heterocycles. The Bertz CT molecular complexity index is 322. The lowest BCUT2D eigenvalue weighted by Gasteiger charge is -2.11. The van der Waals surface area contributed by atoms with Gasteiger partial charge in [0.15, 0.2) is 0 Å². The first-order chi connectivity index (χ1) is 7.11. The Kier molecular flexibility index (Phi) is 4.78. The highest BCUT2D eigenvalue weighted by molar-refractivity contribution is 7.11. The number of esters is 1. The minimum Gasteiger partial charge on any atom is -0.468 e. The van der Waals surface area contributed by atoms with Crippen LogP contribution in [-0.2, 0) is 16.0 Å². The number of hydrogen-bond acceptors (Lipinski definition) is 4. The number of aryl methyl sites for hydroxylation is 1. The summed E-state index contributed by atoms with van der Waals surface area (Å²) in [5, 5.41) is 3.12. The third-order valence-electron chi connectivity index (χ3n) is 2.13. The first kappa shape index (κ1) is 12.2. The van der Waals surface area contributed by atoms with E-state index in [9.17, 15) is 4.79 Å². The van der Waals surface area contributed by atoms with Crippen molar-refractivity contribution < 1.29 is 9.53 Å². The van der Waals surface area contributed by atoms with Crippen LogP contribution in [0, 0.1) is 6.92 Å². The summed E-state index contributed by atoms with van der Waals surface area (Å²) in [4.78, 5) is 13.6. The van der Waals surface area contributed by atoms with E-state index in [-0.39, 0.29) is 12.5 Å². The molecule has 0 spiro atoms. The van der Waals surface area contributed by atoms with Crippen molar-refractivity contribution in [1.82, 2.24) is 5.32 Å². The highest BCUT2D eigenvalue weighted by Gasteiger charge is 2.07. The van der Waals surface area contributed by atoms with Gasteiger partial charge >= 0.3 is 5.97 Å². The number of rotatable bonds is 5. The zero-order valence-corrected chi connectivity index (χ0v) is 10.2. The molecule has 0 radical (unpaired) electrons. The van der Waals surface area contributed by atoms with Crippen LogP contribution in [0.4, 0.5) is 0 Å². The largest absolute Gasteiger partial charge is 0.468 e. The summed E-state index contributed by atoms with van der Waals surface area (Å²) >= 11 is 1.80. The van der Waals surface area contributed by atoms with Gasteiger partial charge in [0.05, 0.1) is 13.7 Å². The molecule has 1 atom stereocenters. The Hall–Kier alpha value is -0.870. The SMILES string of the molecule is COC(=O)CNC(C)Cc1ccc(C)s1. The molecular weight excluding hydrogens is 210 g/mol. The Labute approximate surface area is 94.5 Å². The minimum atomic E-state index is -0.218. The monoisotopic (exact) mass is 227 g/mol. The van der Waals surface area contributed by atoms with Gasteiger partial charge in [-0.25, -0.2) is 0 Å². The van der Waals surface area contributed by atoms with Gasteiger partial charge in [0.1, 0.15) is 0 Å². The van der Waals surface area contributed by atoms with E-state index in [1.807, 2.05) is 0 Å². The van der Waals surface area contributed by atoms with E-state index in [0.29, 0.717) is 6.04 Å². The average Bonchev–Trinajstić information content (AvgIpc) is 2.60. The number of carbonyl (C=O) groups excluding carboxylic acids is 1. The van der Waals surface area contributed by atoms with Crippen LogP contribution < -0.4 is 5.32 Å². The van der Waals surface area contributed by atoms with Crippen LogP contribution >= 0.6 is 11.3 Å². The maximum absolute atomic E-state index is 10.9. The molecule has 1 unspecified atom stereocenters. The summed E-state index contributed by atoms with van der Waals surface area (Å²) in [7, 11) is 1.40. The molecule has 1 N–H and O–H groups in total. The van der Waals surface area contributed by atoms with E-state index >= 15 is 0 Å². The molecule has 1 aromatic rings. The van der Waals surface area contributed by atoms with Gasteiger partial charge in [-0.3, -0.25) is 4.79 Å². The fraction of sp³-hybridized carbons (Fsp3) is 0.545. The van der Waals surface area contributed by atoms with Crippen LogP contribution in [-0.4, -0.2) is 25.7 Å². The molecule has 84 valence electrons. The standard InChI is InChI=1S/C11H17NO2S/c1-8(12-7-11(13)14-3)6-10-5-4-9(2)15-10/h4-5,8,12H,6-7H2,1-3H3. The molecule has 0 aliphatic heterocycles. The van der Waals surface area contributed by atoms with Crippen molar-refractivity contribution in [2.45, 2.75) is 26.3 Å². The van der Waals surface area contributed by atoms with Crippen molar-refractivity contribution in [3.63, 3.8) is 0 Å². The lowest BCUT2D eigenvalue weighted by atomic mass is 10.2. The predicted molar refractivity (Wildman–Crippen MR) is 62.2 cm³/mol. The fourth-order valence-corrected chi connectivity index (χ4v) is 2.32. The fourth-order valence-electron chi connectivity index (χ4n) is 1.30. The van der Waals surface area contributed by atoms with E-state index in [1.54, 1.807) is 11.3 Å². The molecule has 0 aliphatic carbocycles. The second kappa shape index (κ2) is 5.88. The van der Waals surface area contributed by atoms with Crippen molar-refractivity contribution in [1.29, 1.82) is 0 Å². The molecule has 0 amide bonds. The quantitative estimate of drug-likeness (QED) is 0.779. The van der Waals surface area contributed by atoms with E-state index in [4.69, 9.17) is 0 Å². The summed E-state index contributed by atoms with van der Waals surface area (Å²) in [5.41, 5.74) is 0. The summed E-state index contributed by atoms with van der Waals surface area (Å²) in [6.45, 7) is 4.45. The number of carbonyl (C=O) groups is 1. The Morgan fingerprint density at radius 3 is 2.87 bits per heavy atom. The van der Waals surface area contributed by atoms with Gasteiger partial charge in [-0.15, -0.1) is 11.3 Å². The maximum Gasteiger partial charge on any atom is 0.319 e. The smallest absolute Gasteiger partial charge is 0.319 e. The number of thiophene rings is 1. The van der Waals surface area contributed by atoms with E-state index in [2.05, 4.69) is 36.0 Å². The number of ether oxygens (including phenoxy) is 1. The zero-order valence-electron chi connectivity index (χ0n) is 9.37. The predicted octanol–water partition coefficient (Wildman–Crippen LogP) is 1.75. The first-order valence-corrected chi connectivity index (χ1v) is 5.79. The summed E-state index contributed by atoms with van der Waals surface area (Å²) in [6, 6.07) is 4.55. The number of nitrogens with one attached hydrogen (secondary N) is 1. The normalized spacial score (nSPS) is 12.5. The number of methoxy groups -OCH3 is 1. The second-order valence-electron chi connectivity index (χ2n) is 3.57. The highest BCUT2D eigenvalue weighted by atomic mass is 32.1. The van der Waals surface area contributed by atoms with Crippen LogP contribution in [0.3, 0.4) is 0 Å². The van der Waals surface area contributed by atoms with E-state index < -0.39 is 0 Å². The second-order valence-corrected chi connectivity index (χ2v) is 4.95. The molecule has 3 nitrogen and oxygen atoms in total. The molecule has 15 heavy (non-hydrogen) atoms. The van der Waals surface area contributed by atoms with Crippen LogP contribution in [0.5, 0.6) is 0 Å². The van der Waals surface area contributed by atoms with Crippen molar-refractivity contribution >= 4 is 17.3 Å². The first-order valence-electron chi connectivity index (χ1n) is 4.97. The van der Waals surface area contributed by atoms with Crippen molar-refractivity contribution in [2.75, 3.05) is 13.7 Å².